The van der Waals surface area contributed by atoms with Crippen molar-refractivity contribution < 1.29 is 4.79 Å². The molecule has 2 N–H and O–H groups in total. The van der Waals surface area contributed by atoms with Crippen LogP contribution in [0.15, 0.2) is 24.3 Å². The average Bonchev–Trinajstić information content (AvgIpc) is 2.47. The van der Waals surface area contributed by atoms with Gasteiger partial charge in [0.2, 0.25) is 5.91 Å². The molecule has 1 saturated heterocycles. The summed E-state index contributed by atoms with van der Waals surface area (Å²) >= 11 is 6.16. The summed E-state index contributed by atoms with van der Waals surface area (Å²) in [7, 11) is 1.98. The third-order valence-corrected chi connectivity index (χ3v) is 4.37. The van der Waals surface area contributed by atoms with Crippen LogP contribution in [0.25, 0.3) is 0 Å². The van der Waals surface area contributed by atoms with Gasteiger partial charge in [-0.2, -0.15) is 0 Å². The van der Waals surface area contributed by atoms with Crippen molar-refractivity contribution in [1.82, 2.24) is 15.5 Å². The molecule has 124 valence electrons. The van der Waals surface area contributed by atoms with Gasteiger partial charge < -0.3 is 10.6 Å². The van der Waals surface area contributed by atoms with Crippen molar-refractivity contribution in [3.8, 4) is 0 Å². The molecule has 0 radical (unpaired) electrons. The third kappa shape index (κ3) is 5.43. The van der Waals surface area contributed by atoms with Crippen molar-refractivity contribution in [3.63, 3.8) is 0 Å². The van der Waals surface area contributed by atoms with E-state index in [0.717, 1.165) is 25.1 Å². The number of carbonyl (C=O) groups is 1. The van der Waals surface area contributed by atoms with Gasteiger partial charge >= 0.3 is 0 Å². The molecule has 1 fully saturated rings. The number of nitrogens with zero attached hydrogens (tertiary/aromatic N) is 1. The number of benzene rings is 1. The highest BCUT2D eigenvalue weighted by Gasteiger charge is 2.21. The van der Waals surface area contributed by atoms with E-state index in [1.54, 1.807) is 0 Å². The summed E-state index contributed by atoms with van der Waals surface area (Å²) < 4.78 is 0. The van der Waals surface area contributed by atoms with Gasteiger partial charge in [-0.25, -0.2) is 0 Å². The highest BCUT2D eigenvalue weighted by molar-refractivity contribution is 6.31. The van der Waals surface area contributed by atoms with Crippen LogP contribution in [0.5, 0.6) is 0 Å². The van der Waals surface area contributed by atoms with E-state index in [0.29, 0.717) is 17.6 Å². The van der Waals surface area contributed by atoms with E-state index in [4.69, 9.17) is 11.6 Å². The molecular formula is C16H25Cl2N3O. The van der Waals surface area contributed by atoms with Gasteiger partial charge in [0, 0.05) is 17.6 Å². The number of nitrogens with one attached hydrogen (secondary N) is 2. The number of likely N-dealkylation sites (N-methyl/N-ethyl adjacent to an activating group) is 1. The molecule has 6 heteroatoms. The number of rotatable bonds is 5. The maximum Gasteiger partial charge on any atom is 0.234 e. The van der Waals surface area contributed by atoms with Crippen LogP contribution in [0.1, 0.15) is 31.4 Å². The Kier molecular flexibility index (Phi) is 8.18. The maximum atomic E-state index is 12.2. The Balaban J connectivity index is 0.00000242. The Labute approximate surface area is 144 Å². The minimum atomic E-state index is -0.0731. The van der Waals surface area contributed by atoms with Crippen molar-refractivity contribution >= 4 is 29.9 Å². The normalized spacial score (nSPS) is 20.0. The second kappa shape index (κ2) is 9.36. The lowest BCUT2D eigenvalue weighted by Gasteiger charge is -2.32. The standard InChI is InChI=1S/C16H24ClN3O.ClH/c1-12(14-7-3-4-8-15(14)17)19-16(21)11-20-9-5-6-13(10-20)18-2;/h3-4,7-8,12-13,18H,5-6,9-11H2,1-2H3,(H,19,21);1H. The monoisotopic (exact) mass is 345 g/mol. The average molecular weight is 346 g/mol. The molecule has 0 aliphatic carbocycles. The molecule has 2 atom stereocenters. The highest BCUT2D eigenvalue weighted by atomic mass is 35.5. The minimum absolute atomic E-state index is 0. The van der Waals surface area contributed by atoms with Gasteiger partial charge in [-0.1, -0.05) is 29.8 Å². The maximum absolute atomic E-state index is 12.2. The number of hydrogen-bond acceptors (Lipinski definition) is 3. The van der Waals surface area contributed by atoms with Crippen LogP contribution in [0.3, 0.4) is 0 Å². The van der Waals surface area contributed by atoms with Crippen LogP contribution in [0.2, 0.25) is 5.02 Å². The summed E-state index contributed by atoms with van der Waals surface area (Å²) in [6.45, 7) is 4.34. The molecule has 0 bridgehead atoms. The highest BCUT2D eigenvalue weighted by Crippen LogP contribution is 2.22. The largest absolute Gasteiger partial charge is 0.348 e. The molecule has 1 aliphatic rings. The Bertz CT molecular complexity index is 484. The van der Waals surface area contributed by atoms with Gasteiger partial charge in [-0.3, -0.25) is 9.69 Å². The summed E-state index contributed by atoms with van der Waals surface area (Å²) in [5.41, 5.74) is 0.958. The van der Waals surface area contributed by atoms with Gasteiger partial charge in [0.05, 0.1) is 12.6 Å². The van der Waals surface area contributed by atoms with Crippen molar-refractivity contribution in [3.05, 3.63) is 34.9 Å². The second-order valence-corrected chi connectivity index (χ2v) is 6.08. The van der Waals surface area contributed by atoms with Crippen LogP contribution in [-0.4, -0.2) is 43.5 Å². The van der Waals surface area contributed by atoms with Crippen molar-refractivity contribution in [2.75, 3.05) is 26.7 Å². The molecule has 2 unspecified atom stereocenters. The fraction of sp³-hybridized carbons (Fsp3) is 0.562. The summed E-state index contributed by atoms with van der Waals surface area (Å²) in [6.07, 6.45) is 2.32. The summed E-state index contributed by atoms with van der Waals surface area (Å²) in [4.78, 5) is 14.4. The summed E-state index contributed by atoms with van der Waals surface area (Å²) in [5, 5.41) is 7.02. The zero-order valence-electron chi connectivity index (χ0n) is 13.1. The first-order valence-corrected chi connectivity index (χ1v) is 7.91. The van der Waals surface area contributed by atoms with Crippen molar-refractivity contribution in [2.45, 2.75) is 31.8 Å². The fourth-order valence-corrected chi connectivity index (χ4v) is 3.13. The molecule has 4 nitrogen and oxygen atoms in total. The summed E-state index contributed by atoms with van der Waals surface area (Å²) in [6, 6.07) is 8.05. The number of carbonyl (C=O) groups excluding carboxylic acids is 1. The second-order valence-electron chi connectivity index (χ2n) is 5.67. The van der Waals surface area contributed by atoms with Crippen LogP contribution in [0, 0.1) is 0 Å². The van der Waals surface area contributed by atoms with Crippen LogP contribution >= 0.6 is 24.0 Å². The molecule has 0 spiro atoms. The van der Waals surface area contributed by atoms with Gasteiger partial charge in [0.1, 0.15) is 0 Å². The predicted octanol–water partition coefficient (Wildman–Crippen LogP) is 2.62. The van der Waals surface area contributed by atoms with Crippen LogP contribution in [-0.2, 0) is 4.79 Å². The van der Waals surface area contributed by atoms with E-state index >= 15 is 0 Å². The first-order valence-electron chi connectivity index (χ1n) is 7.53. The number of amides is 1. The number of likely N-dealkylation sites (tertiary alicyclic amines) is 1. The molecule has 0 saturated carbocycles. The molecule has 1 aromatic rings. The number of piperidine rings is 1. The Hall–Kier alpha value is -0.810. The molecule has 1 aliphatic heterocycles. The van der Waals surface area contributed by atoms with Gasteiger partial charge in [-0.05, 0) is 45.0 Å². The fourth-order valence-electron chi connectivity index (χ4n) is 2.83. The number of halogens is 2. The molecule has 1 amide bonds. The minimum Gasteiger partial charge on any atom is -0.348 e. The molecule has 2 rings (SSSR count). The first-order chi connectivity index (χ1) is 10.1. The SMILES string of the molecule is CNC1CCCN(CC(=O)NC(C)c2ccccc2Cl)C1.Cl. The van der Waals surface area contributed by atoms with Crippen molar-refractivity contribution in [1.29, 1.82) is 0 Å². The smallest absolute Gasteiger partial charge is 0.234 e. The van der Waals surface area contributed by atoms with E-state index in [2.05, 4.69) is 15.5 Å². The van der Waals surface area contributed by atoms with Crippen molar-refractivity contribution in [2.24, 2.45) is 0 Å². The topological polar surface area (TPSA) is 44.4 Å². The van der Waals surface area contributed by atoms with E-state index in [1.165, 1.54) is 6.42 Å². The van der Waals surface area contributed by atoms with Gasteiger partial charge in [-0.15, -0.1) is 12.4 Å². The van der Waals surface area contributed by atoms with Gasteiger partial charge in [0.25, 0.3) is 0 Å². The van der Waals surface area contributed by atoms with Crippen LogP contribution in [0.4, 0.5) is 0 Å². The first kappa shape index (κ1) is 19.2. The lowest BCUT2D eigenvalue weighted by atomic mass is 10.1. The quantitative estimate of drug-likeness (QED) is 0.862. The molecule has 1 aromatic carbocycles. The molecule has 1 heterocycles. The lowest BCUT2D eigenvalue weighted by Crippen LogP contribution is -2.48. The Morgan fingerprint density at radius 3 is 2.86 bits per heavy atom. The van der Waals surface area contributed by atoms with Crippen LogP contribution < -0.4 is 10.6 Å². The number of hydrogen-bond donors (Lipinski definition) is 2. The summed E-state index contributed by atoms with van der Waals surface area (Å²) in [5.74, 6) is 0.0548. The van der Waals surface area contributed by atoms with E-state index in [-0.39, 0.29) is 24.4 Å². The molecule has 0 aromatic heterocycles. The van der Waals surface area contributed by atoms with E-state index in [9.17, 15) is 4.79 Å². The molecular weight excluding hydrogens is 321 g/mol. The Morgan fingerprint density at radius 1 is 1.45 bits per heavy atom. The third-order valence-electron chi connectivity index (χ3n) is 4.03. The molecule has 22 heavy (non-hydrogen) atoms. The Morgan fingerprint density at radius 2 is 2.18 bits per heavy atom. The zero-order chi connectivity index (χ0) is 15.2. The van der Waals surface area contributed by atoms with E-state index in [1.807, 2.05) is 38.2 Å². The predicted molar refractivity (Wildman–Crippen MR) is 93.8 cm³/mol. The zero-order valence-corrected chi connectivity index (χ0v) is 14.7. The lowest BCUT2D eigenvalue weighted by molar-refractivity contribution is -0.123. The van der Waals surface area contributed by atoms with E-state index < -0.39 is 0 Å². The van der Waals surface area contributed by atoms with Gasteiger partial charge in [0.15, 0.2) is 0 Å².